The van der Waals surface area contributed by atoms with E-state index in [1.165, 1.54) is 12.8 Å². The van der Waals surface area contributed by atoms with E-state index in [-0.39, 0.29) is 12.3 Å². The number of piperidine rings is 1. The molecule has 0 bridgehead atoms. The van der Waals surface area contributed by atoms with Gasteiger partial charge in [0.1, 0.15) is 0 Å². The van der Waals surface area contributed by atoms with E-state index in [1.807, 2.05) is 35.2 Å². The predicted octanol–water partition coefficient (Wildman–Crippen LogP) is 2.78. The van der Waals surface area contributed by atoms with Crippen LogP contribution >= 0.6 is 0 Å². The summed E-state index contributed by atoms with van der Waals surface area (Å²) in [5.41, 5.74) is 0.818. The number of likely N-dealkylation sites (tertiary alicyclic amines) is 1. The number of hydrogen-bond donors (Lipinski definition) is 1. The number of amides is 1. The zero-order chi connectivity index (χ0) is 16.1. The smallest absolute Gasteiger partial charge is 0.225 e. The van der Waals surface area contributed by atoms with E-state index in [1.54, 1.807) is 0 Å². The third kappa shape index (κ3) is 4.33. The number of nitrogens with zero attached hydrogens (tertiary/aromatic N) is 1. The summed E-state index contributed by atoms with van der Waals surface area (Å²) in [4.78, 5) is 14.3. The van der Waals surface area contributed by atoms with Crippen LogP contribution in [-0.2, 0) is 9.53 Å². The predicted molar refractivity (Wildman–Crippen MR) is 88.9 cm³/mol. The van der Waals surface area contributed by atoms with E-state index in [9.17, 15) is 9.90 Å². The summed E-state index contributed by atoms with van der Waals surface area (Å²) in [7, 11) is 0. The lowest BCUT2D eigenvalue weighted by atomic mass is 9.80. The number of rotatable bonds is 4. The van der Waals surface area contributed by atoms with Crippen molar-refractivity contribution in [3.63, 3.8) is 0 Å². The fourth-order valence-corrected chi connectivity index (χ4v) is 3.90. The number of ether oxygens (including phenoxy) is 1. The molecule has 0 aromatic heterocycles. The zero-order valence-corrected chi connectivity index (χ0v) is 13.7. The molecular formula is C19H27NO3. The van der Waals surface area contributed by atoms with Crippen LogP contribution in [0.5, 0.6) is 0 Å². The van der Waals surface area contributed by atoms with E-state index < -0.39 is 6.10 Å². The second-order valence-corrected chi connectivity index (χ2v) is 6.80. The van der Waals surface area contributed by atoms with E-state index >= 15 is 0 Å². The van der Waals surface area contributed by atoms with Crippen LogP contribution < -0.4 is 0 Å². The van der Waals surface area contributed by atoms with Crippen LogP contribution in [0.1, 0.15) is 43.8 Å². The van der Waals surface area contributed by atoms with Gasteiger partial charge in [0, 0.05) is 26.3 Å². The summed E-state index contributed by atoms with van der Waals surface area (Å²) in [6, 6.07) is 9.44. The second-order valence-electron chi connectivity index (χ2n) is 6.80. The Morgan fingerprint density at radius 2 is 1.70 bits per heavy atom. The van der Waals surface area contributed by atoms with Crippen molar-refractivity contribution in [2.75, 3.05) is 26.3 Å². The maximum absolute atomic E-state index is 12.4. The van der Waals surface area contributed by atoms with Gasteiger partial charge in [0.05, 0.1) is 12.5 Å². The lowest BCUT2D eigenvalue weighted by Gasteiger charge is -2.37. The molecule has 0 radical (unpaired) electrons. The van der Waals surface area contributed by atoms with Gasteiger partial charge in [-0.2, -0.15) is 0 Å². The molecule has 1 unspecified atom stereocenters. The number of hydrogen-bond acceptors (Lipinski definition) is 3. The van der Waals surface area contributed by atoms with Crippen molar-refractivity contribution < 1.29 is 14.6 Å². The van der Waals surface area contributed by atoms with Gasteiger partial charge in [0.2, 0.25) is 5.91 Å². The van der Waals surface area contributed by atoms with Gasteiger partial charge in [-0.05, 0) is 43.1 Å². The molecule has 4 heteroatoms. The maximum atomic E-state index is 12.4. The first-order valence-corrected chi connectivity index (χ1v) is 8.82. The Bertz CT molecular complexity index is 491. The van der Waals surface area contributed by atoms with Crippen LogP contribution in [0.25, 0.3) is 0 Å². The first-order chi connectivity index (χ1) is 11.2. The van der Waals surface area contributed by atoms with Crippen molar-refractivity contribution in [3.05, 3.63) is 35.9 Å². The Kier molecular flexibility index (Phi) is 5.68. The van der Waals surface area contributed by atoms with E-state index in [2.05, 4.69) is 0 Å². The molecule has 2 aliphatic heterocycles. The van der Waals surface area contributed by atoms with Crippen LogP contribution in [0.3, 0.4) is 0 Å². The summed E-state index contributed by atoms with van der Waals surface area (Å²) in [6.45, 7) is 3.46. The van der Waals surface area contributed by atoms with Crippen LogP contribution in [0.4, 0.5) is 0 Å². The Hall–Kier alpha value is -1.39. The van der Waals surface area contributed by atoms with Gasteiger partial charge in [-0.15, -0.1) is 0 Å². The van der Waals surface area contributed by atoms with Crippen molar-refractivity contribution in [2.24, 2.45) is 11.8 Å². The molecule has 3 rings (SSSR count). The summed E-state index contributed by atoms with van der Waals surface area (Å²) in [5, 5.41) is 10.2. The molecule has 2 fully saturated rings. The minimum Gasteiger partial charge on any atom is -0.388 e. The van der Waals surface area contributed by atoms with Gasteiger partial charge < -0.3 is 14.7 Å². The highest BCUT2D eigenvalue weighted by molar-refractivity contribution is 5.77. The second kappa shape index (κ2) is 7.93. The molecule has 0 saturated carbocycles. The van der Waals surface area contributed by atoms with Gasteiger partial charge in [0.25, 0.3) is 0 Å². The van der Waals surface area contributed by atoms with Crippen molar-refractivity contribution >= 4 is 5.91 Å². The number of aliphatic hydroxyl groups excluding tert-OH is 1. The van der Waals surface area contributed by atoms with Crippen LogP contribution in [-0.4, -0.2) is 42.2 Å². The Labute approximate surface area is 138 Å². The molecule has 126 valence electrons. The van der Waals surface area contributed by atoms with Gasteiger partial charge in [-0.1, -0.05) is 30.3 Å². The molecule has 1 N–H and O–H groups in total. The molecule has 1 aromatic carbocycles. The molecule has 1 amide bonds. The zero-order valence-electron chi connectivity index (χ0n) is 13.7. The fourth-order valence-electron chi connectivity index (χ4n) is 3.90. The lowest BCUT2D eigenvalue weighted by Crippen LogP contribution is -2.41. The quantitative estimate of drug-likeness (QED) is 0.929. The average Bonchev–Trinajstić information content (AvgIpc) is 2.63. The topological polar surface area (TPSA) is 49.8 Å². The molecule has 2 heterocycles. The Morgan fingerprint density at radius 3 is 2.35 bits per heavy atom. The normalized spacial score (nSPS) is 22.0. The molecule has 1 atom stereocenters. The van der Waals surface area contributed by atoms with Gasteiger partial charge >= 0.3 is 0 Å². The monoisotopic (exact) mass is 317 g/mol. The lowest BCUT2D eigenvalue weighted by molar-refractivity contribution is -0.135. The largest absolute Gasteiger partial charge is 0.388 e. The highest BCUT2D eigenvalue weighted by Crippen LogP contribution is 2.32. The van der Waals surface area contributed by atoms with Gasteiger partial charge in [-0.25, -0.2) is 0 Å². The number of benzene rings is 1. The van der Waals surface area contributed by atoms with E-state index in [0.717, 1.165) is 56.5 Å². The highest BCUT2D eigenvalue weighted by Gasteiger charge is 2.30. The van der Waals surface area contributed by atoms with Gasteiger partial charge in [0.15, 0.2) is 0 Å². The number of carbonyl (C=O) groups is 1. The third-order valence-electron chi connectivity index (χ3n) is 5.38. The van der Waals surface area contributed by atoms with Crippen LogP contribution in [0.15, 0.2) is 30.3 Å². The maximum Gasteiger partial charge on any atom is 0.225 e. The molecule has 2 saturated heterocycles. The summed E-state index contributed by atoms with van der Waals surface area (Å²) < 4.78 is 5.44. The molecule has 4 nitrogen and oxygen atoms in total. The standard InChI is InChI=1S/C19H27NO3/c21-18(17-4-2-1-3-5-17)14-19(22)20-10-6-15(7-11-20)16-8-12-23-13-9-16/h1-5,15-16,18,21H,6-14H2. The number of aliphatic hydroxyl groups is 1. The summed E-state index contributed by atoms with van der Waals surface area (Å²) >= 11 is 0. The molecule has 0 spiro atoms. The van der Waals surface area contributed by atoms with Crippen LogP contribution in [0, 0.1) is 11.8 Å². The third-order valence-corrected chi connectivity index (χ3v) is 5.38. The highest BCUT2D eigenvalue weighted by atomic mass is 16.5. The van der Waals surface area contributed by atoms with Crippen LogP contribution in [0.2, 0.25) is 0 Å². The van der Waals surface area contributed by atoms with Crippen molar-refractivity contribution in [1.82, 2.24) is 4.90 Å². The first-order valence-electron chi connectivity index (χ1n) is 8.82. The molecule has 2 aliphatic rings. The molecule has 0 aliphatic carbocycles. The molecule has 23 heavy (non-hydrogen) atoms. The summed E-state index contributed by atoms with van der Waals surface area (Å²) in [5.74, 6) is 1.59. The van der Waals surface area contributed by atoms with E-state index in [0.29, 0.717) is 0 Å². The van der Waals surface area contributed by atoms with Crippen molar-refractivity contribution in [3.8, 4) is 0 Å². The van der Waals surface area contributed by atoms with Gasteiger partial charge in [-0.3, -0.25) is 4.79 Å². The Morgan fingerprint density at radius 1 is 1.09 bits per heavy atom. The minimum atomic E-state index is -0.697. The van der Waals surface area contributed by atoms with E-state index in [4.69, 9.17) is 4.74 Å². The molecule has 1 aromatic rings. The fraction of sp³-hybridized carbons (Fsp3) is 0.632. The summed E-state index contributed by atoms with van der Waals surface area (Å²) in [6.07, 6.45) is 4.02. The first kappa shape index (κ1) is 16.5. The number of carbonyl (C=O) groups excluding carboxylic acids is 1. The minimum absolute atomic E-state index is 0.0757. The van der Waals surface area contributed by atoms with Crippen molar-refractivity contribution in [2.45, 2.75) is 38.2 Å². The van der Waals surface area contributed by atoms with Crippen molar-refractivity contribution in [1.29, 1.82) is 0 Å². The molecular weight excluding hydrogens is 290 g/mol. The Balaban J connectivity index is 1.46. The SMILES string of the molecule is O=C(CC(O)c1ccccc1)N1CCC(C2CCOCC2)CC1. The average molecular weight is 317 g/mol.